The zero-order chi connectivity index (χ0) is 25.9. The fraction of sp³-hybridized carbons (Fsp3) is 0.594. The van der Waals surface area contributed by atoms with Gasteiger partial charge in [-0.3, -0.25) is 4.79 Å². The molecular weight excluding hydrogens is 446 g/mol. The van der Waals surface area contributed by atoms with Crippen molar-refractivity contribution in [2.45, 2.75) is 96.9 Å². The summed E-state index contributed by atoms with van der Waals surface area (Å²) >= 11 is 0. The number of nitrogens with zero attached hydrogens (tertiary/aromatic N) is 1. The molecule has 2 aromatic rings. The van der Waals surface area contributed by atoms with Gasteiger partial charge in [0.15, 0.2) is 0 Å². The summed E-state index contributed by atoms with van der Waals surface area (Å²) in [5, 5.41) is 0. The lowest BCUT2D eigenvalue weighted by Gasteiger charge is -2.29. The summed E-state index contributed by atoms with van der Waals surface area (Å²) in [5.41, 5.74) is 2.60. The molecule has 0 saturated heterocycles. The first-order valence-electron chi connectivity index (χ1n) is 14.2. The Kier molecular flexibility index (Phi) is 14.9. The minimum absolute atomic E-state index is 0.0250. The first-order chi connectivity index (χ1) is 17.5. The molecule has 36 heavy (non-hydrogen) atoms. The topological polar surface area (TPSA) is 35.5 Å². The Labute approximate surface area is 220 Å². The van der Waals surface area contributed by atoms with Crippen molar-refractivity contribution in [2.75, 3.05) is 27.4 Å². The van der Waals surface area contributed by atoms with Crippen LogP contribution in [0.4, 0.5) is 0 Å². The molecule has 200 valence electrons. The van der Waals surface area contributed by atoms with Crippen molar-refractivity contribution in [2.24, 2.45) is 0 Å². The highest BCUT2D eigenvalue weighted by Gasteiger charge is 2.16. The normalized spacial score (nSPS) is 11.4. The van der Waals surface area contributed by atoms with E-state index in [2.05, 4.69) is 57.4 Å². The predicted molar refractivity (Wildman–Crippen MR) is 150 cm³/mol. The number of ether oxygens (including phenoxy) is 2. The highest BCUT2D eigenvalue weighted by molar-refractivity contribution is 5.69. The Bertz CT molecular complexity index is 834. The lowest BCUT2D eigenvalue weighted by atomic mass is 10.0. The van der Waals surface area contributed by atoms with Gasteiger partial charge in [-0.15, -0.1) is 0 Å². The monoisotopic (exact) mass is 496 g/mol. The predicted octanol–water partition coefficient (Wildman–Crippen LogP) is 8.09. The molecule has 0 fully saturated rings. The maximum Gasteiger partial charge on any atom is 0.308 e. The average molecular weight is 497 g/mol. The zero-order valence-electron chi connectivity index (χ0n) is 23.2. The molecule has 0 saturated carbocycles. The number of carbonyl (C=O) groups is 1. The molecule has 2 rings (SSSR count). The van der Waals surface area contributed by atoms with Crippen molar-refractivity contribution < 1.29 is 18.8 Å². The minimum Gasteiger partial charge on any atom is -0.457 e. The maximum atomic E-state index is 12.2. The van der Waals surface area contributed by atoms with Crippen molar-refractivity contribution in [1.82, 2.24) is 0 Å². The smallest absolute Gasteiger partial charge is 0.308 e. The van der Waals surface area contributed by atoms with Crippen molar-refractivity contribution in [3.8, 4) is 5.75 Å². The van der Waals surface area contributed by atoms with Gasteiger partial charge in [0.1, 0.15) is 12.3 Å². The first kappa shape index (κ1) is 29.9. The van der Waals surface area contributed by atoms with Gasteiger partial charge >= 0.3 is 5.97 Å². The van der Waals surface area contributed by atoms with Crippen LogP contribution >= 0.6 is 0 Å². The van der Waals surface area contributed by atoms with Gasteiger partial charge in [-0.25, -0.2) is 0 Å². The van der Waals surface area contributed by atoms with E-state index in [0.717, 1.165) is 36.2 Å². The lowest BCUT2D eigenvalue weighted by Crippen LogP contribution is -2.39. The Hall–Kier alpha value is -2.33. The van der Waals surface area contributed by atoms with E-state index in [0.29, 0.717) is 6.42 Å². The van der Waals surface area contributed by atoms with Crippen LogP contribution < -0.4 is 4.74 Å². The van der Waals surface area contributed by atoms with Crippen LogP contribution in [0.2, 0.25) is 0 Å². The highest BCUT2D eigenvalue weighted by atomic mass is 16.7. The van der Waals surface area contributed by atoms with Crippen LogP contribution in [0, 0.1) is 0 Å². The summed E-state index contributed by atoms with van der Waals surface area (Å²) in [6.45, 7) is 4.12. The second-order valence-electron chi connectivity index (χ2n) is 10.8. The highest BCUT2D eigenvalue weighted by Crippen LogP contribution is 2.17. The van der Waals surface area contributed by atoms with Gasteiger partial charge in [0.2, 0.25) is 6.79 Å². The van der Waals surface area contributed by atoms with Crippen LogP contribution in [0.1, 0.15) is 95.1 Å². The summed E-state index contributed by atoms with van der Waals surface area (Å²) < 4.78 is 11.9. The third kappa shape index (κ3) is 14.3. The van der Waals surface area contributed by atoms with Crippen LogP contribution in [0.15, 0.2) is 54.6 Å². The molecule has 0 spiro atoms. The fourth-order valence-corrected chi connectivity index (χ4v) is 4.65. The van der Waals surface area contributed by atoms with Crippen molar-refractivity contribution in [3.63, 3.8) is 0 Å². The summed E-state index contributed by atoms with van der Waals surface area (Å²) in [7, 11) is 4.40. The third-order valence-electron chi connectivity index (χ3n) is 6.76. The first-order valence-corrected chi connectivity index (χ1v) is 14.2. The Morgan fingerprint density at radius 3 is 2.08 bits per heavy atom. The Morgan fingerprint density at radius 2 is 1.39 bits per heavy atom. The van der Waals surface area contributed by atoms with Crippen LogP contribution in [0.5, 0.6) is 5.75 Å². The maximum absolute atomic E-state index is 12.2. The molecule has 0 amide bonds. The van der Waals surface area contributed by atoms with Gasteiger partial charge in [-0.1, -0.05) is 107 Å². The Morgan fingerprint density at radius 1 is 0.750 bits per heavy atom. The van der Waals surface area contributed by atoms with Crippen molar-refractivity contribution in [1.29, 1.82) is 0 Å². The number of quaternary nitrogens is 1. The van der Waals surface area contributed by atoms with E-state index in [1.165, 1.54) is 75.3 Å². The Balaban J connectivity index is 1.53. The zero-order valence-corrected chi connectivity index (χ0v) is 23.2. The van der Waals surface area contributed by atoms with Crippen LogP contribution in [-0.2, 0) is 22.5 Å². The van der Waals surface area contributed by atoms with Crippen molar-refractivity contribution in [3.05, 3.63) is 65.7 Å². The quantitative estimate of drug-likeness (QED) is 0.0804. The SMILES string of the molecule is CCCCCCCCCCCCc1cccc(OCOC(=O)CCC[N+](C)(C)Cc2ccccc2)c1. The number of carbonyl (C=O) groups excluding carboxylic acids is 1. The van der Waals surface area contributed by atoms with Crippen LogP contribution in [0.3, 0.4) is 0 Å². The van der Waals surface area contributed by atoms with Gasteiger partial charge in [0, 0.05) is 12.0 Å². The van der Waals surface area contributed by atoms with Gasteiger partial charge in [0.25, 0.3) is 0 Å². The van der Waals surface area contributed by atoms with Crippen LogP contribution in [0.25, 0.3) is 0 Å². The van der Waals surface area contributed by atoms with E-state index in [-0.39, 0.29) is 12.8 Å². The van der Waals surface area contributed by atoms with Crippen molar-refractivity contribution >= 4 is 5.97 Å². The van der Waals surface area contributed by atoms with E-state index in [4.69, 9.17) is 9.47 Å². The molecule has 0 N–H and O–H groups in total. The number of hydrogen-bond donors (Lipinski definition) is 0. The van der Waals surface area contributed by atoms with Gasteiger partial charge in [-0.05, 0) is 30.5 Å². The summed E-state index contributed by atoms with van der Waals surface area (Å²) in [6.07, 6.45) is 15.8. The number of benzene rings is 2. The second kappa shape index (κ2) is 18.0. The van der Waals surface area contributed by atoms with E-state index in [1.54, 1.807) is 0 Å². The largest absolute Gasteiger partial charge is 0.457 e. The number of esters is 1. The molecule has 0 radical (unpaired) electrons. The van der Waals surface area contributed by atoms with E-state index < -0.39 is 0 Å². The molecule has 0 aliphatic rings. The molecule has 4 nitrogen and oxygen atoms in total. The average Bonchev–Trinajstić information content (AvgIpc) is 2.86. The molecule has 0 atom stereocenters. The minimum atomic E-state index is -0.198. The molecule has 0 heterocycles. The molecule has 4 heteroatoms. The standard InChI is InChI=1S/C32H50NO3/c1-4-5-6-7-8-9-10-11-12-14-19-29-22-17-23-31(26-29)35-28-36-32(34)24-18-25-33(2,3)27-30-20-15-13-16-21-30/h13,15-17,20-23,26H,4-12,14,18-19,24-25,27-28H2,1-3H3/q+1. The van der Waals surface area contributed by atoms with Gasteiger partial charge < -0.3 is 14.0 Å². The van der Waals surface area contributed by atoms with Gasteiger partial charge in [0.05, 0.1) is 27.1 Å². The lowest BCUT2D eigenvalue weighted by molar-refractivity contribution is -0.903. The van der Waals surface area contributed by atoms with Gasteiger partial charge in [-0.2, -0.15) is 0 Å². The molecule has 0 aliphatic heterocycles. The van der Waals surface area contributed by atoms with E-state index >= 15 is 0 Å². The van der Waals surface area contributed by atoms with E-state index in [9.17, 15) is 4.79 Å². The molecule has 2 aromatic carbocycles. The third-order valence-corrected chi connectivity index (χ3v) is 6.76. The summed E-state index contributed by atoms with van der Waals surface area (Å²) in [5.74, 6) is 0.573. The molecule has 0 unspecified atom stereocenters. The molecule has 0 aromatic heterocycles. The molecule has 0 bridgehead atoms. The summed E-state index contributed by atoms with van der Waals surface area (Å²) in [4.78, 5) is 12.2. The number of unbranched alkanes of at least 4 members (excludes halogenated alkanes) is 9. The number of hydrogen-bond acceptors (Lipinski definition) is 3. The van der Waals surface area contributed by atoms with E-state index in [1.807, 2.05) is 18.2 Å². The second-order valence-corrected chi connectivity index (χ2v) is 10.8. The number of aryl methyl sites for hydroxylation is 1. The number of rotatable bonds is 20. The van der Waals surface area contributed by atoms with Crippen LogP contribution in [-0.4, -0.2) is 37.9 Å². The fourth-order valence-electron chi connectivity index (χ4n) is 4.65. The molecule has 0 aliphatic carbocycles. The molecular formula is C32H50NO3+. The summed E-state index contributed by atoms with van der Waals surface area (Å²) in [6, 6.07) is 18.7.